The predicted molar refractivity (Wildman–Crippen MR) is 77.2 cm³/mol. The van der Waals surface area contributed by atoms with Gasteiger partial charge in [0.15, 0.2) is 4.21 Å². The molecule has 2 fully saturated rings. The van der Waals surface area contributed by atoms with E-state index < -0.39 is 10.0 Å². The number of H-pyrrole nitrogens is 1. The van der Waals surface area contributed by atoms with Gasteiger partial charge in [0.1, 0.15) is 0 Å². The Labute approximate surface area is 122 Å². The maximum atomic E-state index is 12.6. The van der Waals surface area contributed by atoms with Crippen LogP contribution in [-0.4, -0.2) is 36.8 Å². The standard InChI is InChI=1S/C12H19N3O3S2/c1-7-11(19-12(16)14-7)20(17,18)15-5-8-2-3-10(13)4-9(8)6-15/h8-10H,2-6,13H2,1H3,(H,14,16)/t8-,9+,10?/m1/s1. The zero-order valence-corrected chi connectivity index (χ0v) is 13.0. The molecule has 3 N–H and O–H groups in total. The third-order valence-corrected chi connectivity index (χ3v) is 7.83. The predicted octanol–water partition coefficient (Wildman–Crippen LogP) is 0.493. The number of nitrogens with zero attached hydrogens (tertiary/aromatic N) is 1. The van der Waals surface area contributed by atoms with Gasteiger partial charge in [0.05, 0.1) is 0 Å². The lowest BCUT2D eigenvalue weighted by molar-refractivity contribution is 0.271. The van der Waals surface area contributed by atoms with Gasteiger partial charge in [0.2, 0.25) is 0 Å². The van der Waals surface area contributed by atoms with Gasteiger partial charge < -0.3 is 10.7 Å². The Kier molecular flexibility index (Phi) is 3.52. The fourth-order valence-corrected chi connectivity index (χ4v) is 6.36. The molecule has 0 spiro atoms. The topological polar surface area (TPSA) is 96.3 Å². The molecule has 3 rings (SSSR count). The third-order valence-electron chi connectivity index (χ3n) is 4.41. The number of hydrogen-bond acceptors (Lipinski definition) is 5. The van der Waals surface area contributed by atoms with Crippen molar-refractivity contribution >= 4 is 21.4 Å². The Balaban J connectivity index is 1.87. The lowest BCUT2D eigenvalue weighted by Crippen LogP contribution is -2.32. The molecule has 0 bridgehead atoms. The fraction of sp³-hybridized carbons (Fsp3) is 0.750. The van der Waals surface area contributed by atoms with E-state index in [4.69, 9.17) is 5.73 Å². The highest BCUT2D eigenvalue weighted by Crippen LogP contribution is 2.38. The summed E-state index contributed by atoms with van der Waals surface area (Å²) in [6.45, 7) is 2.72. The molecule has 1 aliphatic heterocycles. The molecule has 1 aliphatic carbocycles. The van der Waals surface area contributed by atoms with E-state index in [0.717, 1.165) is 30.6 Å². The molecule has 1 unspecified atom stereocenters. The van der Waals surface area contributed by atoms with Crippen LogP contribution in [0.5, 0.6) is 0 Å². The summed E-state index contributed by atoms with van der Waals surface area (Å²) in [7, 11) is -3.54. The summed E-state index contributed by atoms with van der Waals surface area (Å²) in [6, 6.07) is 0.198. The van der Waals surface area contributed by atoms with E-state index in [2.05, 4.69) is 4.98 Å². The Morgan fingerprint density at radius 2 is 2.00 bits per heavy atom. The Morgan fingerprint density at radius 1 is 1.30 bits per heavy atom. The Hall–Kier alpha value is -0.700. The largest absolute Gasteiger partial charge is 0.328 e. The van der Waals surface area contributed by atoms with Gasteiger partial charge in [-0.1, -0.05) is 11.3 Å². The summed E-state index contributed by atoms with van der Waals surface area (Å²) in [6.07, 6.45) is 2.88. The van der Waals surface area contributed by atoms with E-state index in [1.165, 1.54) is 4.31 Å². The SMILES string of the molecule is Cc1[nH]c(=O)sc1S(=O)(=O)N1C[C@H]2CCC(N)C[C@H]2C1. The quantitative estimate of drug-likeness (QED) is 0.830. The van der Waals surface area contributed by atoms with E-state index in [9.17, 15) is 13.2 Å². The van der Waals surface area contributed by atoms with E-state index in [1.54, 1.807) is 6.92 Å². The van der Waals surface area contributed by atoms with E-state index in [0.29, 0.717) is 30.6 Å². The average molecular weight is 317 g/mol. The van der Waals surface area contributed by atoms with Crippen LogP contribution in [0.1, 0.15) is 25.0 Å². The van der Waals surface area contributed by atoms with Crippen molar-refractivity contribution in [1.82, 2.24) is 9.29 Å². The van der Waals surface area contributed by atoms with Crippen molar-refractivity contribution in [2.45, 2.75) is 36.4 Å². The van der Waals surface area contributed by atoms with Crippen molar-refractivity contribution in [2.24, 2.45) is 17.6 Å². The number of fused-ring (bicyclic) bond motifs is 1. The van der Waals surface area contributed by atoms with Crippen molar-refractivity contribution in [2.75, 3.05) is 13.1 Å². The van der Waals surface area contributed by atoms with Crippen molar-refractivity contribution in [3.8, 4) is 0 Å². The average Bonchev–Trinajstić information content (AvgIpc) is 2.92. The molecular formula is C12H19N3O3S2. The molecule has 112 valence electrons. The second-order valence-corrected chi connectivity index (χ2v) is 8.96. The summed E-state index contributed by atoms with van der Waals surface area (Å²) in [5, 5.41) is 0. The maximum absolute atomic E-state index is 12.6. The van der Waals surface area contributed by atoms with Gasteiger partial charge in [-0.25, -0.2) is 8.42 Å². The van der Waals surface area contributed by atoms with Gasteiger partial charge in [-0.15, -0.1) is 0 Å². The van der Waals surface area contributed by atoms with Crippen LogP contribution in [0.25, 0.3) is 0 Å². The first-order valence-electron chi connectivity index (χ1n) is 6.83. The first-order valence-corrected chi connectivity index (χ1v) is 9.09. The highest BCUT2D eigenvalue weighted by molar-refractivity contribution is 7.91. The summed E-state index contributed by atoms with van der Waals surface area (Å²) in [5.74, 6) is 0.782. The highest BCUT2D eigenvalue weighted by Gasteiger charge is 2.42. The van der Waals surface area contributed by atoms with Gasteiger partial charge in [-0.05, 0) is 38.0 Å². The van der Waals surface area contributed by atoms with Gasteiger partial charge in [0, 0.05) is 24.8 Å². The molecule has 3 atom stereocenters. The van der Waals surface area contributed by atoms with Crippen LogP contribution in [0, 0.1) is 18.8 Å². The summed E-state index contributed by atoms with van der Waals surface area (Å²) >= 11 is 0.777. The number of aromatic amines is 1. The summed E-state index contributed by atoms with van der Waals surface area (Å²) < 4.78 is 27.0. The molecular weight excluding hydrogens is 298 g/mol. The number of sulfonamides is 1. The number of nitrogens with one attached hydrogen (secondary N) is 1. The summed E-state index contributed by atoms with van der Waals surface area (Å²) in [5.41, 5.74) is 6.41. The Morgan fingerprint density at radius 3 is 2.65 bits per heavy atom. The second kappa shape index (κ2) is 4.94. The smallest absolute Gasteiger partial charge is 0.305 e. The van der Waals surface area contributed by atoms with Crippen LogP contribution in [0.2, 0.25) is 0 Å². The monoisotopic (exact) mass is 317 g/mol. The molecule has 8 heteroatoms. The molecule has 1 saturated carbocycles. The van der Waals surface area contributed by atoms with Crippen molar-refractivity contribution < 1.29 is 8.42 Å². The van der Waals surface area contributed by atoms with Gasteiger partial charge in [0.25, 0.3) is 10.0 Å². The summed E-state index contributed by atoms with van der Waals surface area (Å²) in [4.78, 5) is 13.6. The van der Waals surface area contributed by atoms with Crippen LogP contribution in [0.3, 0.4) is 0 Å². The van der Waals surface area contributed by atoms with E-state index >= 15 is 0 Å². The first kappa shape index (κ1) is 14.2. The molecule has 2 aliphatic rings. The zero-order valence-electron chi connectivity index (χ0n) is 11.3. The molecule has 1 aromatic heterocycles. The van der Waals surface area contributed by atoms with E-state index in [1.807, 2.05) is 0 Å². The van der Waals surface area contributed by atoms with Crippen LogP contribution in [0.15, 0.2) is 9.00 Å². The molecule has 6 nitrogen and oxygen atoms in total. The normalized spacial score (nSPS) is 31.4. The Bertz CT molecular complexity index is 664. The minimum absolute atomic E-state index is 0.158. The molecule has 20 heavy (non-hydrogen) atoms. The van der Waals surface area contributed by atoms with Crippen molar-refractivity contribution in [1.29, 1.82) is 0 Å². The molecule has 1 saturated heterocycles. The first-order chi connectivity index (χ1) is 9.38. The zero-order chi connectivity index (χ0) is 14.5. The number of rotatable bonds is 2. The third kappa shape index (κ3) is 2.34. The van der Waals surface area contributed by atoms with Gasteiger partial charge in [-0.3, -0.25) is 4.79 Å². The van der Waals surface area contributed by atoms with Crippen LogP contribution < -0.4 is 10.6 Å². The number of hydrogen-bond donors (Lipinski definition) is 2. The van der Waals surface area contributed by atoms with Crippen molar-refractivity contribution in [3.05, 3.63) is 15.4 Å². The van der Waals surface area contributed by atoms with Gasteiger partial charge in [-0.2, -0.15) is 4.31 Å². The molecule has 0 radical (unpaired) electrons. The van der Waals surface area contributed by atoms with Crippen LogP contribution in [0.4, 0.5) is 0 Å². The molecule has 1 aromatic rings. The molecule has 0 aromatic carbocycles. The lowest BCUT2D eigenvalue weighted by atomic mass is 9.79. The van der Waals surface area contributed by atoms with Crippen molar-refractivity contribution in [3.63, 3.8) is 0 Å². The highest BCUT2D eigenvalue weighted by atomic mass is 32.2. The minimum Gasteiger partial charge on any atom is -0.328 e. The van der Waals surface area contributed by atoms with Crippen LogP contribution in [-0.2, 0) is 10.0 Å². The lowest BCUT2D eigenvalue weighted by Gasteiger charge is -2.28. The maximum Gasteiger partial charge on any atom is 0.305 e. The number of aromatic nitrogens is 1. The molecule has 2 heterocycles. The fourth-order valence-electron chi connectivity index (χ4n) is 3.37. The molecule has 0 amide bonds. The van der Waals surface area contributed by atoms with Crippen LogP contribution >= 0.6 is 11.3 Å². The van der Waals surface area contributed by atoms with Gasteiger partial charge >= 0.3 is 4.87 Å². The number of aryl methyl sites for hydroxylation is 1. The number of thiazole rings is 1. The van der Waals surface area contributed by atoms with E-state index in [-0.39, 0.29) is 15.1 Å². The second-order valence-electron chi connectivity index (χ2n) is 5.84. The minimum atomic E-state index is -3.54. The number of nitrogens with two attached hydrogens (primary N) is 1.